The molecule has 2 amide bonds. The van der Waals surface area contributed by atoms with E-state index in [0.717, 1.165) is 4.90 Å². The largest absolute Gasteiger partial charge is 0.398 e. The molecule has 2 N–H and O–H groups in total. The topological polar surface area (TPSA) is 76.3 Å². The van der Waals surface area contributed by atoms with Crippen LogP contribution in [0, 0.1) is 6.92 Å². The number of hydrogen-bond acceptors (Lipinski definition) is 4. The Hall–Kier alpha value is -2.40. The van der Waals surface area contributed by atoms with Crippen molar-refractivity contribution in [2.45, 2.75) is 6.92 Å². The van der Waals surface area contributed by atoms with Crippen LogP contribution in [0.15, 0.2) is 30.6 Å². The Labute approximate surface area is 120 Å². The van der Waals surface area contributed by atoms with Gasteiger partial charge in [0.15, 0.2) is 0 Å². The van der Waals surface area contributed by atoms with Gasteiger partial charge in [0.2, 0.25) is 0 Å². The van der Waals surface area contributed by atoms with E-state index in [9.17, 15) is 9.59 Å². The standard InChI is InChI=1S/C14H10ClN3O2/c1-7-4-11(16)10(15)5-12(7)18-13(19)8-2-3-17-6-9(8)14(18)20/h2-6H,16H2,1H3. The number of pyridine rings is 1. The van der Waals surface area contributed by atoms with Gasteiger partial charge in [0, 0.05) is 12.4 Å². The van der Waals surface area contributed by atoms with Gasteiger partial charge in [0.1, 0.15) is 0 Å². The predicted octanol–water partition coefficient (Wildman–Crippen LogP) is 2.43. The molecule has 0 fully saturated rings. The van der Waals surface area contributed by atoms with E-state index in [2.05, 4.69) is 4.98 Å². The highest BCUT2D eigenvalue weighted by Crippen LogP contribution is 2.34. The fraction of sp³-hybridized carbons (Fsp3) is 0.0714. The van der Waals surface area contributed by atoms with Crippen molar-refractivity contribution in [2.75, 3.05) is 10.6 Å². The molecular weight excluding hydrogens is 278 g/mol. The van der Waals surface area contributed by atoms with Crippen molar-refractivity contribution >= 4 is 34.8 Å². The monoisotopic (exact) mass is 287 g/mol. The van der Waals surface area contributed by atoms with Crippen LogP contribution in [0.2, 0.25) is 5.02 Å². The lowest BCUT2D eigenvalue weighted by molar-refractivity contribution is 0.0926. The second-order valence-corrected chi connectivity index (χ2v) is 4.93. The maximum Gasteiger partial charge on any atom is 0.267 e. The maximum absolute atomic E-state index is 12.4. The number of anilines is 2. The van der Waals surface area contributed by atoms with Crippen LogP contribution in [0.3, 0.4) is 0 Å². The molecule has 2 aromatic rings. The molecule has 100 valence electrons. The number of halogens is 1. The molecule has 2 heterocycles. The zero-order chi connectivity index (χ0) is 14.4. The highest BCUT2D eigenvalue weighted by molar-refractivity contribution is 6.36. The smallest absolute Gasteiger partial charge is 0.267 e. The van der Waals surface area contributed by atoms with E-state index in [0.29, 0.717) is 33.1 Å². The van der Waals surface area contributed by atoms with Crippen molar-refractivity contribution in [3.63, 3.8) is 0 Å². The molecule has 0 saturated carbocycles. The Morgan fingerprint density at radius 3 is 2.60 bits per heavy atom. The van der Waals surface area contributed by atoms with E-state index in [1.807, 2.05) is 0 Å². The molecule has 0 unspecified atom stereocenters. The van der Waals surface area contributed by atoms with Gasteiger partial charge in [0.05, 0.1) is 27.5 Å². The van der Waals surface area contributed by atoms with Gasteiger partial charge in [0.25, 0.3) is 11.8 Å². The average Bonchev–Trinajstić information content (AvgIpc) is 2.68. The van der Waals surface area contributed by atoms with Gasteiger partial charge in [-0.1, -0.05) is 11.6 Å². The lowest BCUT2D eigenvalue weighted by atomic mass is 10.1. The SMILES string of the molecule is Cc1cc(N)c(Cl)cc1N1C(=O)c2ccncc2C1=O. The number of carbonyl (C=O) groups excluding carboxylic acids is 2. The van der Waals surface area contributed by atoms with Crippen molar-refractivity contribution in [1.82, 2.24) is 4.98 Å². The molecule has 6 heteroatoms. The van der Waals surface area contributed by atoms with E-state index in [-0.39, 0.29) is 5.91 Å². The summed E-state index contributed by atoms with van der Waals surface area (Å²) in [5, 5.41) is 0.306. The second kappa shape index (κ2) is 4.31. The van der Waals surface area contributed by atoms with Gasteiger partial charge in [-0.25, -0.2) is 4.90 Å². The third kappa shape index (κ3) is 1.67. The van der Waals surface area contributed by atoms with Gasteiger partial charge < -0.3 is 5.73 Å². The molecule has 5 nitrogen and oxygen atoms in total. The molecule has 3 rings (SSSR count). The zero-order valence-corrected chi connectivity index (χ0v) is 11.3. The number of nitrogens with two attached hydrogens (primary N) is 1. The van der Waals surface area contributed by atoms with E-state index in [1.165, 1.54) is 24.5 Å². The van der Waals surface area contributed by atoms with Gasteiger partial charge in [-0.05, 0) is 30.7 Å². The quantitative estimate of drug-likeness (QED) is 0.645. The van der Waals surface area contributed by atoms with Crippen LogP contribution in [0.5, 0.6) is 0 Å². The van der Waals surface area contributed by atoms with Crippen molar-refractivity contribution in [3.8, 4) is 0 Å². The summed E-state index contributed by atoms with van der Waals surface area (Å²) >= 11 is 5.98. The molecule has 20 heavy (non-hydrogen) atoms. The first kappa shape index (κ1) is 12.6. The number of nitrogens with zero attached hydrogens (tertiary/aromatic N) is 2. The first-order valence-electron chi connectivity index (χ1n) is 5.89. The number of aromatic nitrogens is 1. The summed E-state index contributed by atoms with van der Waals surface area (Å²) in [6.45, 7) is 1.77. The van der Waals surface area contributed by atoms with Crippen LogP contribution >= 0.6 is 11.6 Å². The van der Waals surface area contributed by atoms with Crippen molar-refractivity contribution in [2.24, 2.45) is 0 Å². The lowest BCUT2D eigenvalue weighted by Gasteiger charge is -2.17. The zero-order valence-electron chi connectivity index (χ0n) is 10.6. The average molecular weight is 288 g/mol. The van der Waals surface area contributed by atoms with E-state index >= 15 is 0 Å². The molecule has 1 aliphatic heterocycles. The Balaban J connectivity index is 2.17. The molecule has 0 saturated heterocycles. The normalized spacial score (nSPS) is 13.8. The molecule has 0 spiro atoms. The van der Waals surface area contributed by atoms with Crippen LogP contribution in [0.4, 0.5) is 11.4 Å². The summed E-state index contributed by atoms with van der Waals surface area (Å²) in [4.78, 5) is 29.7. The summed E-state index contributed by atoms with van der Waals surface area (Å²) in [6.07, 6.45) is 2.88. The summed E-state index contributed by atoms with van der Waals surface area (Å²) in [7, 11) is 0. The Morgan fingerprint density at radius 2 is 1.90 bits per heavy atom. The van der Waals surface area contributed by atoms with Crippen molar-refractivity contribution in [3.05, 3.63) is 52.3 Å². The van der Waals surface area contributed by atoms with E-state index in [4.69, 9.17) is 17.3 Å². The first-order valence-corrected chi connectivity index (χ1v) is 6.27. The number of imide groups is 1. The fourth-order valence-electron chi connectivity index (χ4n) is 2.24. The van der Waals surface area contributed by atoms with Gasteiger partial charge >= 0.3 is 0 Å². The van der Waals surface area contributed by atoms with Crippen LogP contribution in [-0.4, -0.2) is 16.8 Å². The number of rotatable bonds is 1. The lowest BCUT2D eigenvalue weighted by Crippen LogP contribution is -2.30. The molecular formula is C14H10ClN3O2. The number of fused-ring (bicyclic) bond motifs is 1. The first-order chi connectivity index (χ1) is 9.50. The van der Waals surface area contributed by atoms with Gasteiger partial charge in [-0.15, -0.1) is 0 Å². The van der Waals surface area contributed by atoms with Crippen LogP contribution in [-0.2, 0) is 0 Å². The van der Waals surface area contributed by atoms with Gasteiger partial charge in [-0.2, -0.15) is 0 Å². The number of nitrogen functional groups attached to an aromatic ring is 1. The third-order valence-electron chi connectivity index (χ3n) is 3.24. The molecule has 1 aromatic heterocycles. The van der Waals surface area contributed by atoms with E-state index in [1.54, 1.807) is 13.0 Å². The highest BCUT2D eigenvalue weighted by atomic mass is 35.5. The number of benzene rings is 1. The number of amides is 2. The molecule has 0 bridgehead atoms. The van der Waals surface area contributed by atoms with Crippen molar-refractivity contribution in [1.29, 1.82) is 0 Å². The summed E-state index contributed by atoms with van der Waals surface area (Å²) in [5.74, 6) is -0.779. The minimum atomic E-state index is -0.401. The summed E-state index contributed by atoms with van der Waals surface area (Å²) in [5.41, 5.74) is 7.90. The number of hydrogen-bond donors (Lipinski definition) is 1. The van der Waals surface area contributed by atoms with E-state index < -0.39 is 5.91 Å². The number of aryl methyl sites for hydroxylation is 1. The van der Waals surface area contributed by atoms with Crippen LogP contribution in [0.25, 0.3) is 0 Å². The van der Waals surface area contributed by atoms with Crippen LogP contribution < -0.4 is 10.6 Å². The molecule has 0 radical (unpaired) electrons. The molecule has 1 aromatic carbocycles. The molecule has 0 aliphatic carbocycles. The summed E-state index contributed by atoms with van der Waals surface area (Å²) < 4.78 is 0. The molecule has 1 aliphatic rings. The maximum atomic E-state index is 12.4. The minimum absolute atomic E-state index is 0.296. The predicted molar refractivity (Wildman–Crippen MR) is 76.0 cm³/mol. The Morgan fingerprint density at radius 1 is 1.20 bits per heavy atom. The minimum Gasteiger partial charge on any atom is -0.398 e. The Kier molecular flexibility index (Phi) is 2.72. The second-order valence-electron chi connectivity index (χ2n) is 4.53. The molecule has 0 atom stereocenters. The van der Waals surface area contributed by atoms with Crippen LogP contribution in [0.1, 0.15) is 26.3 Å². The highest BCUT2D eigenvalue weighted by Gasteiger charge is 2.37. The third-order valence-corrected chi connectivity index (χ3v) is 3.57. The van der Waals surface area contributed by atoms with Crippen molar-refractivity contribution < 1.29 is 9.59 Å². The van der Waals surface area contributed by atoms with Gasteiger partial charge in [-0.3, -0.25) is 14.6 Å². The Bertz CT molecular complexity index is 723. The number of carbonyl (C=O) groups is 2. The summed E-state index contributed by atoms with van der Waals surface area (Å²) in [6, 6.07) is 4.70. The fourth-order valence-corrected chi connectivity index (χ4v) is 2.40.